The summed E-state index contributed by atoms with van der Waals surface area (Å²) in [6.45, 7) is 3.14. The monoisotopic (exact) mass is 268 g/mol. The van der Waals surface area contributed by atoms with Crippen LogP contribution in [-0.2, 0) is 12.8 Å². The number of aryl methyl sites for hydroxylation is 1. The van der Waals surface area contributed by atoms with Crippen LogP contribution < -0.4 is 10.6 Å². The standard InChI is InChI=1S/C16H20N4/c1-2-6-13-15(17)18-11-19-16(13)20-10-5-8-12-7-3-4-9-14(12)20/h3-4,7,9,11H,2,5-6,8,10H2,1H3,(H2,17,18,19). The molecule has 2 aromatic rings. The summed E-state index contributed by atoms with van der Waals surface area (Å²) in [4.78, 5) is 11.0. The van der Waals surface area contributed by atoms with Crippen LogP contribution in [0.15, 0.2) is 30.6 Å². The van der Waals surface area contributed by atoms with Crippen LogP contribution in [0.5, 0.6) is 0 Å². The van der Waals surface area contributed by atoms with Gasteiger partial charge in [0.1, 0.15) is 18.0 Å². The smallest absolute Gasteiger partial charge is 0.141 e. The summed E-state index contributed by atoms with van der Waals surface area (Å²) in [5.41, 5.74) is 9.78. The van der Waals surface area contributed by atoms with Gasteiger partial charge >= 0.3 is 0 Å². The molecule has 0 bridgehead atoms. The largest absolute Gasteiger partial charge is 0.383 e. The van der Waals surface area contributed by atoms with Crippen LogP contribution in [0, 0.1) is 0 Å². The number of rotatable bonds is 3. The van der Waals surface area contributed by atoms with Crippen LogP contribution in [-0.4, -0.2) is 16.5 Å². The highest BCUT2D eigenvalue weighted by molar-refractivity contribution is 5.70. The van der Waals surface area contributed by atoms with E-state index in [1.165, 1.54) is 11.3 Å². The number of fused-ring (bicyclic) bond motifs is 1. The van der Waals surface area contributed by atoms with Gasteiger partial charge in [-0.05, 0) is 30.9 Å². The van der Waals surface area contributed by atoms with E-state index in [0.717, 1.165) is 43.6 Å². The second kappa shape index (κ2) is 5.49. The molecule has 0 atom stereocenters. The van der Waals surface area contributed by atoms with Crippen molar-refractivity contribution in [1.29, 1.82) is 0 Å². The van der Waals surface area contributed by atoms with Crippen molar-refractivity contribution in [3.05, 3.63) is 41.7 Å². The summed E-state index contributed by atoms with van der Waals surface area (Å²) < 4.78 is 0. The minimum Gasteiger partial charge on any atom is -0.383 e. The van der Waals surface area contributed by atoms with E-state index in [9.17, 15) is 0 Å². The molecule has 4 heteroatoms. The Morgan fingerprint density at radius 2 is 2.10 bits per heavy atom. The van der Waals surface area contributed by atoms with Crippen molar-refractivity contribution in [2.24, 2.45) is 0 Å². The van der Waals surface area contributed by atoms with E-state index in [4.69, 9.17) is 5.73 Å². The number of nitrogens with zero attached hydrogens (tertiary/aromatic N) is 3. The minimum absolute atomic E-state index is 0.611. The van der Waals surface area contributed by atoms with E-state index in [1.54, 1.807) is 6.33 Å². The number of anilines is 3. The maximum Gasteiger partial charge on any atom is 0.141 e. The molecule has 0 fully saturated rings. The predicted octanol–water partition coefficient (Wildman–Crippen LogP) is 3.10. The van der Waals surface area contributed by atoms with Gasteiger partial charge in [0.15, 0.2) is 0 Å². The quantitative estimate of drug-likeness (QED) is 0.929. The summed E-state index contributed by atoms with van der Waals surface area (Å²) in [7, 11) is 0. The van der Waals surface area contributed by atoms with Gasteiger partial charge in [0.25, 0.3) is 0 Å². The van der Waals surface area contributed by atoms with Gasteiger partial charge in [-0.15, -0.1) is 0 Å². The first-order valence-electron chi connectivity index (χ1n) is 7.26. The van der Waals surface area contributed by atoms with E-state index in [1.807, 2.05) is 0 Å². The van der Waals surface area contributed by atoms with Crippen LogP contribution in [0.1, 0.15) is 30.9 Å². The molecule has 1 aliphatic heterocycles. The molecular weight excluding hydrogens is 248 g/mol. The average Bonchev–Trinajstić information content (AvgIpc) is 2.49. The lowest BCUT2D eigenvalue weighted by molar-refractivity contribution is 0.751. The SMILES string of the molecule is CCCc1c(N)ncnc1N1CCCc2ccccc21. The van der Waals surface area contributed by atoms with Crippen molar-refractivity contribution in [3.63, 3.8) is 0 Å². The number of para-hydroxylation sites is 1. The van der Waals surface area contributed by atoms with Gasteiger partial charge in [-0.25, -0.2) is 9.97 Å². The molecule has 0 saturated heterocycles. The number of aromatic nitrogens is 2. The zero-order valence-electron chi connectivity index (χ0n) is 11.8. The Morgan fingerprint density at radius 3 is 2.95 bits per heavy atom. The average molecular weight is 268 g/mol. The predicted molar refractivity (Wildman–Crippen MR) is 82.2 cm³/mol. The number of hydrogen-bond donors (Lipinski definition) is 1. The molecule has 3 rings (SSSR count). The maximum absolute atomic E-state index is 6.06. The van der Waals surface area contributed by atoms with Gasteiger partial charge < -0.3 is 10.6 Å². The first kappa shape index (κ1) is 12.9. The van der Waals surface area contributed by atoms with Crippen LogP contribution in [0.2, 0.25) is 0 Å². The third kappa shape index (κ3) is 2.22. The van der Waals surface area contributed by atoms with Crippen molar-refractivity contribution < 1.29 is 0 Å². The fourth-order valence-electron chi connectivity index (χ4n) is 2.89. The molecule has 20 heavy (non-hydrogen) atoms. The third-order valence-electron chi connectivity index (χ3n) is 3.82. The van der Waals surface area contributed by atoms with Crippen molar-refractivity contribution in [2.75, 3.05) is 17.2 Å². The first-order chi connectivity index (χ1) is 9.81. The minimum atomic E-state index is 0.611. The Kier molecular flexibility index (Phi) is 3.54. The Hall–Kier alpha value is -2.10. The van der Waals surface area contributed by atoms with E-state index < -0.39 is 0 Å². The zero-order valence-corrected chi connectivity index (χ0v) is 11.8. The molecule has 0 unspecified atom stereocenters. The number of benzene rings is 1. The maximum atomic E-state index is 6.06. The molecule has 1 aromatic carbocycles. The highest BCUT2D eigenvalue weighted by Crippen LogP contribution is 2.35. The van der Waals surface area contributed by atoms with E-state index in [-0.39, 0.29) is 0 Å². The second-order valence-electron chi connectivity index (χ2n) is 5.19. The molecule has 0 amide bonds. The van der Waals surface area contributed by atoms with Gasteiger partial charge in [-0.2, -0.15) is 0 Å². The Morgan fingerprint density at radius 1 is 1.25 bits per heavy atom. The summed E-state index contributed by atoms with van der Waals surface area (Å²) in [6.07, 6.45) is 5.81. The lowest BCUT2D eigenvalue weighted by Crippen LogP contribution is -2.26. The molecule has 0 radical (unpaired) electrons. The van der Waals surface area contributed by atoms with Crippen LogP contribution >= 0.6 is 0 Å². The van der Waals surface area contributed by atoms with Crippen LogP contribution in [0.3, 0.4) is 0 Å². The van der Waals surface area contributed by atoms with E-state index >= 15 is 0 Å². The van der Waals surface area contributed by atoms with E-state index in [2.05, 4.69) is 46.1 Å². The number of hydrogen-bond acceptors (Lipinski definition) is 4. The van der Waals surface area contributed by atoms with Gasteiger partial charge in [-0.1, -0.05) is 31.5 Å². The molecule has 0 spiro atoms. The normalized spacial score (nSPS) is 14.2. The molecule has 2 N–H and O–H groups in total. The third-order valence-corrected chi connectivity index (χ3v) is 3.82. The summed E-state index contributed by atoms with van der Waals surface area (Å²) in [5, 5.41) is 0. The van der Waals surface area contributed by atoms with Gasteiger partial charge in [-0.3, -0.25) is 0 Å². The topological polar surface area (TPSA) is 55.0 Å². The van der Waals surface area contributed by atoms with Crippen LogP contribution in [0.4, 0.5) is 17.3 Å². The molecule has 0 saturated carbocycles. The fourth-order valence-corrected chi connectivity index (χ4v) is 2.89. The van der Waals surface area contributed by atoms with Gasteiger partial charge in [0.05, 0.1) is 0 Å². The highest BCUT2D eigenvalue weighted by atomic mass is 15.2. The molecule has 1 aliphatic rings. The Labute approximate surface area is 119 Å². The molecule has 2 heterocycles. The fraction of sp³-hybridized carbons (Fsp3) is 0.375. The first-order valence-corrected chi connectivity index (χ1v) is 7.26. The van der Waals surface area contributed by atoms with E-state index in [0.29, 0.717) is 5.82 Å². The molecule has 0 aliphatic carbocycles. The number of nitrogens with two attached hydrogens (primary N) is 1. The van der Waals surface area contributed by atoms with Gasteiger partial charge in [0, 0.05) is 17.8 Å². The Bertz CT molecular complexity index is 609. The highest BCUT2D eigenvalue weighted by Gasteiger charge is 2.22. The second-order valence-corrected chi connectivity index (χ2v) is 5.19. The lowest BCUT2D eigenvalue weighted by Gasteiger charge is -2.31. The van der Waals surface area contributed by atoms with Crippen molar-refractivity contribution in [1.82, 2.24) is 9.97 Å². The summed E-state index contributed by atoms with van der Waals surface area (Å²) in [6, 6.07) is 8.55. The summed E-state index contributed by atoms with van der Waals surface area (Å²) >= 11 is 0. The molecule has 1 aromatic heterocycles. The number of nitrogen functional groups attached to an aromatic ring is 1. The van der Waals surface area contributed by atoms with Crippen LogP contribution in [0.25, 0.3) is 0 Å². The summed E-state index contributed by atoms with van der Waals surface area (Å²) in [5.74, 6) is 1.59. The molecular formula is C16H20N4. The van der Waals surface area contributed by atoms with Crippen molar-refractivity contribution >= 4 is 17.3 Å². The lowest BCUT2D eigenvalue weighted by atomic mass is 10.0. The molecule has 4 nitrogen and oxygen atoms in total. The van der Waals surface area contributed by atoms with Gasteiger partial charge in [0.2, 0.25) is 0 Å². The molecule has 104 valence electrons. The van der Waals surface area contributed by atoms with Crippen molar-refractivity contribution in [2.45, 2.75) is 32.6 Å². The van der Waals surface area contributed by atoms with Crippen molar-refractivity contribution in [3.8, 4) is 0 Å². The Balaban J connectivity index is 2.08. The zero-order chi connectivity index (χ0) is 13.9.